The van der Waals surface area contributed by atoms with E-state index in [1.807, 2.05) is 0 Å². The monoisotopic (exact) mass is 438 g/mol. The summed E-state index contributed by atoms with van der Waals surface area (Å²) in [5.74, 6) is -1.12. The summed E-state index contributed by atoms with van der Waals surface area (Å²) in [7, 11) is -2.50. The first-order valence-corrected chi connectivity index (χ1v) is 10.5. The quantitative estimate of drug-likeness (QED) is 0.719. The van der Waals surface area contributed by atoms with Crippen LogP contribution in [0.3, 0.4) is 0 Å². The maximum absolute atomic E-state index is 12.8. The van der Waals surface area contributed by atoms with Gasteiger partial charge in [-0.1, -0.05) is 17.7 Å². The van der Waals surface area contributed by atoms with Crippen molar-refractivity contribution < 1.29 is 27.5 Å². The molecule has 8 nitrogen and oxygen atoms in total. The molecule has 3 rings (SSSR count). The molecule has 2 aromatic carbocycles. The van der Waals surface area contributed by atoms with E-state index in [2.05, 4.69) is 10.1 Å². The lowest BCUT2D eigenvalue weighted by Gasteiger charge is -2.26. The number of benzene rings is 2. The topological polar surface area (TPSA) is 102 Å². The molecule has 0 aliphatic carbocycles. The Kier molecular flexibility index (Phi) is 6.53. The zero-order valence-electron chi connectivity index (χ0n) is 15.6. The van der Waals surface area contributed by atoms with Gasteiger partial charge in [0.1, 0.15) is 0 Å². The van der Waals surface area contributed by atoms with Gasteiger partial charge in [-0.05, 0) is 36.4 Å². The fourth-order valence-electron chi connectivity index (χ4n) is 2.80. The average molecular weight is 439 g/mol. The van der Waals surface area contributed by atoms with Gasteiger partial charge in [0.2, 0.25) is 10.0 Å². The SMILES string of the molecule is COC(=O)c1cccc(C(=O)Nc2cc(S(=O)(=O)N3CCOCC3)ccc2Cl)c1. The molecule has 1 amide bonds. The molecule has 1 saturated heterocycles. The zero-order valence-corrected chi connectivity index (χ0v) is 17.1. The number of rotatable bonds is 5. The minimum Gasteiger partial charge on any atom is -0.465 e. The molecule has 10 heteroatoms. The van der Waals surface area contributed by atoms with Crippen molar-refractivity contribution in [3.63, 3.8) is 0 Å². The third-order valence-electron chi connectivity index (χ3n) is 4.34. The van der Waals surface area contributed by atoms with Crippen LogP contribution in [0.25, 0.3) is 0 Å². The van der Waals surface area contributed by atoms with Crippen molar-refractivity contribution in [2.45, 2.75) is 4.90 Å². The fraction of sp³-hybridized carbons (Fsp3) is 0.263. The highest BCUT2D eigenvalue weighted by molar-refractivity contribution is 7.89. The van der Waals surface area contributed by atoms with E-state index in [1.54, 1.807) is 6.07 Å². The van der Waals surface area contributed by atoms with E-state index < -0.39 is 21.9 Å². The fourth-order valence-corrected chi connectivity index (χ4v) is 4.40. The van der Waals surface area contributed by atoms with Crippen LogP contribution in [0.2, 0.25) is 5.02 Å². The van der Waals surface area contributed by atoms with Crippen molar-refractivity contribution in [1.82, 2.24) is 4.31 Å². The van der Waals surface area contributed by atoms with Gasteiger partial charge in [0.15, 0.2) is 0 Å². The van der Waals surface area contributed by atoms with Crippen LogP contribution in [0, 0.1) is 0 Å². The molecule has 0 spiro atoms. The van der Waals surface area contributed by atoms with Gasteiger partial charge in [0.05, 0.1) is 41.5 Å². The van der Waals surface area contributed by atoms with Gasteiger partial charge in [0, 0.05) is 18.7 Å². The Morgan fingerprint density at radius 1 is 1.10 bits per heavy atom. The van der Waals surface area contributed by atoms with Crippen LogP contribution in [0.1, 0.15) is 20.7 Å². The molecule has 1 heterocycles. The van der Waals surface area contributed by atoms with E-state index in [0.29, 0.717) is 13.2 Å². The molecule has 2 aromatic rings. The number of nitrogens with one attached hydrogen (secondary N) is 1. The molecule has 1 aliphatic rings. The largest absolute Gasteiger partial charge is 0.465 e. The third kappa shape index (κ3) is 4.76. The zero-order chi connectivity index (χ0) is 21.0. The van der Waals surface area contributed by atoms with Crippen molar-refractivity contribution in [1.29, 1.82) is 0 Å². The number of hydrogen-bond acceptors (Lipinski definition) is 6. The summed E-state index contributed by atoms with van der Waals surface area (Å²) in [5, 5.41) is 2.78. The number of amides is 1. The molecular weight excluding hydrogens is 420 g/mol. The lowest BCUT2D eigenvalue weighted by atomic mass is 10.1. The van der Waals surface area contributed by atoms with Crippen LogP contribution in [0.5, 0.6) is 0 Å². The first-order valence-electron chi connectivity index (χ1n) is 8.70. The number of sulfonamides is 1. The van der Waals surface area contributed by atoms with Crippen molar-refractivity contribution in [2.75, 3.05) is 38.7 Å². The van der Waals surface area contributed by atoms with Crippen LogP contribution in [-0.4, -0.2) is 58.0 Å². The second kappa shape index (κ2) is 8.91. The first kappa shape index (κ1) is 21.3. The Morgan fingerprint density at radius 3 is 2.48 bits per heavy atom. The molecule has 1 N–H and O–H groups in total. The van der Waals surface area contributed by atoms with E-state index in [-0.39, 0.29) is 39.8 Å². The maximum Gasteiger partial charge on any atom is 0.337 e. The Hall–Kier alpha value is -2.46. The summed E-state index contributed by atoms with van der Waals surface area (Å²) < 4.78 is 36.8. The highest BCUT2D eigenvalue weighted by Gasteiger charge is 2.27. The summed E-state index contributed by atoms with van der Waals surface area (Å²) in [6.45, 7) is 1.17. The molecule has 154 valence electrons. The number of carbonyl (C=O) groups is 2. The summed E-state index contributed by atoms with van der Waals surface area (Å²) in [6, 6.07) is 10.1. The summed E-state index contributed by atoms with van der Waals surface area (Å²) in [4.78, 5) is 24.3. The molecule has 0 saturated carbocycles. The molecule has 0 atom stereocenters. The first-order chi connectivity index (χ1) is 13.8. The number of carbonyl (C=O) groups excluding carboxylic acids is 2. The Labute approximate surface area is 173 Å². The summed E-state index contributed by atoms with van der Waals surface area (Å²) in [5.41, 5.74) is 0.565. The minimum atomic E-state index is -3.74. The number of hydrogen-bond donors (Lipinski definition) is 1. The van der Waals surface area contributed by atoms with Crippen LogP contribution >= 0.6 is 11.6 Å². The standard InChI is InChI=1S/C19H19ClN2O6S/c1-27-19(24)14-4-2-3-13(11-14)18(23)21-17-12-15(5-6-16(17)20)29(25,26)22-7-9-28-10-8-22/h2-6,11-12H,7-10H2,1H3,(H,21,23). The lowest BCUT2D eigenvalue weighted by Crippen LogP contribution is -2.40. The number of halogens is 1. The van der Waals surface area contributed by atoms with E-state index in [4.69, 9.17) is 16.3 Å². The van der Waals surface area contributed by atoms with Crippen LogP contribution in [0.4, 0.5) is 5.69 Å². The average Bonchev–Trinajstić information content (AvgIpc) is 2.75. The Morgan fingerprint density at radius 2 is 1.79 bits per heavy atom. The number of methoxy groups -OCH3 is 1. The molecule has 0 radical (unpaired) electrons. The van der Waals surface area contributed by atoms with E-state index in [0.717, 1.165) is 0 Å². The number of esters is 1. The molecule has 1 aliphatic heterocycles. The molecule has 0 bridgehead atoms. The van der Waals surface area contributed by atoms with Crippen LogP contribution in [0.15, 0.2) is 47.4 Å². The Balaban J connectivity index is 1.85. The molecule has 0 unspecified atom stereocenters. The van der Waals surface area contributed by atoms with E-state index in [9.17, 15) is 18.0 Å². The maximum atomic E-state index is 12.8. The second-order valence-electron chi connectivity index (χ2n) is 6.18. The normalized spacial score (nSPS) is 15.0. The third-order valence-corrected chi connectivity index (χ3v) is 6.56. The molecule has 1 fully saturated rings. The lowest BCUT2D eigenvalue weighted by molar-refractivity contribution is 0.0600. The summed E-state index contributed by atoms with van der Waals surface area (Å²) >= 11 is 6.15. The van der Waals surface area contributed by atoms with Crippen molar-refractivity contribution >= 4 is 39.2 Å². The Bertz CT molecular complexity index is 1030. The van der Waals surface area contributed by atoms with Gasteiger partial charge in [-0.25, -0.2) is 13.2 Å². The minimum absolute atomic E-state index is 0.0161. The van der Waals surface area contributed by atoms with Crippen LogP contribution < -0.4 is 5.32 Å². The van der Waals surface area contributed by atoms with Gasteiger partial charge in [-0.2, -0.15) is 4.31 Å². The molecule has 0 aromatic heterocycles. The number of anilines is 1. The predicted molar refractivity (Wildman–Crippen MR) is 107 cm³/mol. The smallest absolute Gasteiger partial charge is 0.337 e. The number of ether oxygens (including phenoxy) is 2. The summed E-state index contributed by atoms with van der Waals surface area (Å²) in [6.07, 6.45) is 0. The highest BCUT2D eigenvalue weighted by atomic mass is 35.5. The van der Waals surface area contributed by atoms with Crippen molar-refractivity contribution in [3.05, 3.63) is 58.6 Å². The number of nitrogens with zero attached hydrogens (tertiary/aromatic N) is 1. The molecular formula is C19H19ClN2O6S. The highest BCUT2D eigenvalue weighted by Crippen LogP contribution is 2.28. The van der Waals surface area contributed by atoms with Crippen molar-refractivity contribution in [2.24, 2.45) is 0 Å². The van der Waals surface area contributed by atoms with Gasteiger partial charge in [0.25, 0.3) is 5.91 Å². The van der Waals surface area contributed by atoms with Crippen molar-refractivity contribution in [3.8, 4) is 0 Å². The molecule has 29 heavy (non-hydrogen) atoms. The number of morpholine rings is 1. The van der Waals surface area contributed by atoms with Gasteiger partial charge < -0.3 is 14.8 Å². The second-order valence-corrected chi connectivity index (χ2v) is 8.53. The van der Waals surface area contributed by atoms with Gasteiger partial charge in [-0.3, -0.25) is 4.79 Å². The van der Waals surface area contributed by atoms with E-state index in [1.165, 1.54) is 47.8 Å². The van der Waals surface area contributed by atoms with Gasteiger partial charge >= 0.3 is 5.97 Å². The van der Waals surface area contributed by atoms with E-state index >= 15 is 0 Å². The van der Waals surface area contributed by atoms with Gasteiger partial charge in [-0.15, -0.1) is 0 Å². The predicted octanol–water partition coefficient (Wildman–Crippen LogP) is 2.40. The van der Waals surface area contributed by atoms with Crippen LogP contribution in [-0.2, 0) is 19.5 Å².